The Morgan fingerprint density at radius 1 is 1.13 bits per heavy atom. The molecule has 1 aromatic carbocycles. The number of hydrogen-bond donors (Lipinski definition) is 1. The summed E-state index contributed by atoms with van der Waals surface area (Å²) in [6.07, 6.45) is 0.173. The second kappa shape index (κ2) is 10.7. The molecule has 0 bridgehead atoms. The molecular weight excluding hydrogens is 397 g/mol. The minimum Gasteiger partial charge on any atom is -0.352 e. The van der Waals surface area contributed by atoms with Crippen LogP contribution in [0.2, 0.25) is 0 Å². The van der Waals surface area contributed by atoms with Crippen molar-refractivity contribution in [1.82, 2.24) is 20.2 Å². The van der Waals surface area contributed by atoms with Crippen molar-refractivity contribution < 1.29 is 22.8 Å². The Morgan fingerprint density at radius 2 is 1.90 bits per heavy atom. The lowest BCUT2D eigenvalue weighted by atomic mass is 10.1. The van der Waals surface area contributed by atoms with E-state index in [0.29, 0.717) is 17.8 Å². The minimum atomic E-state index is -4.43. The van der Waals surface area contributed by atoms with E-state index in [1.807, 2.05) is 6.92 Å². The number of aromatic nitrogens is 2. The van der Waals surface area contributed by atoms with Gasteiger partial charge in [-0.3, -0.25) is 14.6 Å². The number of unbranched alkanes of at least 4 members (excludes halogenated alkanes) is 1. The molecule has 2 aromatic rings. The summed E-state index contributed by atoms with van der Waals surface area (Å²) >= 11 is 0. The molecule has 0 radical (unpaired) electrons. The van der Waals surface area contributed by atoms with Crippen molar-refractivity contribution in [3.8, 4) is 0 Å². The highest BCUT2D eigenvalue weighted by atomic mass is 19.4. The standard InChI is InChI=1S/C21H25F3N4O2/c1-3-4-9-28(20(30)18-14-25-15(2)12-26-18)10-8-19(29)27-13-16-6-5-7-17(11-16)21(22,23)24/h5-7,11-12,14H,3-4,8-10,13H2,1-2H3,(H,27,29). The molecule has 0 atom stereocenters. The van der Waals surface area contributed by atoms with Gasteiger partial charge in [-0.2, -0.15) is 13.2 Å². The van der Waals surface area contributed by atoms with E-state index in [9.17, 15) is 22.8 Å². The highest BCUT2D eigenvalue weighted by Crippen LogP contribution is 2.29. The van der Waals surface area contributed by atoms with Gasteiger partial charge in [0.25, 0.3) is 5.91 Å². The van der Waals surface area contributed by atoms with E-state index in [1.54, 1.807) is 11.8 Å². The Kier molecular flexibility index (Phi) is 8.32. The van der Waals surface area contributed by atoms with Crippen LogP contribution in [-0.2, 0) is 17.5 Å². The number of carbonyl (C=O) groups is 2. The molecule has 2 amide bonds. The first-order valence-electron chi connectivity index (χ1n) is 9.71. The smallest absolute Gasteiger partial charge is 0.352 e. The number of nitrogens with one attached hydrogen (secondary N) is 1. The van der Waals surface area contributed by atoms with Crippen LogP contribution in [0, 0.1) is 6.92 Å². The molecule has 1 aromatic heterocycles. The monoisotopic (exact) mass is 422 g/mol. The maximum Gasteiger partial charge on any atom is 0.416 e. The summed E-state index contributed by atoms with van der Waals surface area (Å²) in [5.41, 5.74) is 0.499. The molecule has 0 spiro atoms. The molecule has 1 N–H and O–H groups in total. The summed E-state index contributed by atoms with van der Waals surface area (Å²) in [4.78, 5) is 34.6. The number of amides is 2. The summed E-state index contributed by atoms with van der Waals surface area (Å²) in [5, 5.41) is 2.60. The molecule has 0 fully saturated rings. The van der Waals surface area contributed by atoms with E-state index in [2.05, 4.69) is 15.3 Å². The Hall–Kier alpha value is -2.97. The summed E-state index contributed by atoms with van der Waals surface area (Å²) in [7, 11) is 0. The first-order chi connectivity index (χ1) is 14.2. The first-order valence-corrected chi connectivity index (χ1v) is 9.71. The van der Waals surface area contributed by atoms with Gasteiger partial charge >= 0.3 is 6.18 Å². The third-order valence-electron chi connectivity index (χ3n) is 4.42. The number of nitrogens with zero attached hydrogens (tertiary/aromatic N) is 3. The molecular formula is C21H25F3N4O2. The van der Waals surface area contributed by atoms with E-state index in [4.69, 9.17) is 0 Å². The summed E-state index contributed by atoms with van der Waals surface area (Å²) in [6, 6.07) is 4.81. The SMILES string of the molecule is CCCCN(CCC(=O)NCc1cccc(C(F)(F)F)c1)C(=O)c1cnc(C)cn1. The van der Waals surface area contributed by atoms with Crippen molar-refractivity contribution in [3.05, 3.63) is 59.2 Å². The predicted octanol–water partition coefficient (Wildman–Crippen LogP) is 3.75. The maximum absolute atomic E-state index is 12.8. The van der Waals surface area contributed by atoms with Crippen LogP contribution in [0.4, 0.5) is 13.2 Å². The number of alkyl halides is 3. The van der Waals surface area contributed by atoms with E-state index in [0.717, 1.165) is 25.0 Å². The second-order valence-electron chi connectivity index (χ2n) is 6.91. The molecule has 9 heteroatoms. The average molecular weight is 422 g/mol. The van der Waals surface area contributed by atoms with Crippen molar-refractivity contribution in [1.29, 1.82) is 0 Å². The zero-order valence-corrected chi connectivity index (χ0v) is 17.0. The molecule has 0 unspecified atom stereocenters. The molecule has 0 saturated heterocycles. The third-order valence-corrected chi connectivity index (χ3v) is 4.42. The topological polar surface area (TPSA) is 75.2 Å². The van der Waals surface area contributed by atoms with Gasteiger partial charge in [0.05, 0.1) is 17.5 Å². The zero-order valence-electron chi connectivity index (χ0n) is 17.0. The number of hydrogen-bond acceptors (Lipinski definition) is 4. The van der Waals surface area contributed by atoms with Crippen molar-refractivity contribution in [2.45, 2.75) is 45.8 Å². The van der Waals surface area contributed by atoms with Crippen LogP contribution >= 0.6 is 0 Å². The summed E-state index contributed by atoms with van der Waals surface area (Å²) < 4.78 is 38.3. The number of benzene rings is 1. The Balaban J connectivity index is 1.92. The highest BCUT2D eigenvalue weighted by Gasteiger charge is 2.30. The lowest BCUT2D eigenvalue weighted by Crippen LogP contribution is -2.36. The van der Waals surface area contributed by atoms with Crippen LogP contribution in [0.25, 0.3) is 0 Å². The molecule has 30 heavy (non-hydrogen) atoms. The molecule has 0 saturated carbocycles. The zero-order chi connectivity index (χ0) is 22.1. The number of halogens is 3. The molecule has 0 aliphatic carbocycles. The largest absolute Gasteiger partial charge is 0.416 e. The summed E-state index contributed by atoms with van der Waals surface area (Å²) in [6.45, 7) is 4.41. The fourth-order valence-corrected chi connectivity index (χ4v) is 2.71. The van der Waals surface area contributed by atoms with E-state index < -0.39 is 11.7 Å². The van der Waals surface area contributed by atoms with Gasteiger partial charge in [-0.15, -0.1) is 0 Å². The van der Waals surface area contributed by atoms with E-state index in [-0.39, 0.29) is 37.0 Å². The molecule has 6 nitrogen and oxygen atoms in total. The van der Waals surface area contributed by atoms with Crippen molar-refractivity contribution in [3.63, 3.8) is 0 Å². The average Bonchev–Trinajstić information content (AvgIpc) is 2.72. The second-order valence-corrected chi connectivity index (χ2v) is 6.91. The van der Waals surface area contributed by atoms with Gasteiger partial charge in [-0.05, 0) is 31.0 Å². The van der Waals surface area contributed by atoms with E-state index in [1.165, 1.54) is 24.5 Å². The third kappa shape index (κ3) is 7.13. The number of carbonyl (C=O) groups excluding carboxylic acids is 2. The molecule has 1 heterocycles. The quantitative estimate of drug-likeness (QED) is 0.668. The molecule has 0 aliphatic heterocycles. The minimum absolute atomic E-state index is 0.0188. The van der Waals surface area contributed by atoms with Gasteiger partial charge in [0, 0.05) is 32.3 Å². The molecule has 162 valence electrons. The normalized spacial score (nSPS) is 11.2. The fourth-order valence-electron chi connectivity index (χ4n) is 2.71. The predicted molar refractivity (Wildman–Crippen MR) is 105 cm³/mol. The molecule has 2 rings (SSSR count). The Morgan fingerprint density at radius 3 is 2.53 bits per heavy atom. The number of aryl methyl sites for hydroxylation is 1. The lowest BCUT2D eigenvalue weighted by molar-refractivity contribution is -0.137. The van der Waals surface area contributed by atoms with Crippen LogP contribution in [0.5, 0.6) is 0 Å². The van der Waals surface area contributed by atoms with Gasteiger partial charge < -0.3 is 10.2 Å². The lowest BCUT2D eigenvalue weighted by Gasteiger charge is -2.22. The van der Waals surface area contributed by atoms with Gasteiger partial charge in [-0.1, -0.05) is 25.5 Å². The maximum atomic E-state index is 12.8. The van der Waals surface area contributed by atoms with Gasteiger partial charge in [0.2, 0.25) is 5.91 Å². The Labute approximate surface area is 173 Å². The van der Waals surface area contributed by atoms with E-state index >= 15 is 0 Å². The fraction of sp³-hybridized carbons (Fsp3) is 0.429. The van der Waals surface area contributed by atoms with Crippen molar-refractivity contribution in [2.75, 3.05) is 13.1 Å². The van der Waals surface area contributed by atoms with Crippen LogP contribution in [0.1, 0.15) is 53.5 Å². The van der Waals surface area contributed by atoms with Crippen LogP contribution in [0.15, 0.2) is 36.7 Å². The van der Waals surface area contributed by atoms with Crippen LogP contribution < -0.4 is 5.32 Å². The molecule has 0 aliphatic rings. The van der Waals surface area contributed by atoms with Crippen molar-refractivity contribution in [2.24, 2.45) is 0 Å². The number of rotatable bonds is 9. The first kappa shape index (κ1) is 23.3. The van der Waals surface area contributed by atoms with Crippen LogP contribution in [0.3, 0.4) is 0 Å². The van der Waals surface area contributed by atoms with Crippen LogP contribution in [-0.4, -0.2) is 39.8 Å². The van der Waals surface area contributed by atoms with Crippen molar-refractivity contribution >= 4 is 11.8 Å². The highest BCUT2D eigenvalue weighted by molar-refractivity contribution is 5.92. The van der Waals surface area contributed by atoms with Gasteiger partial charge in [-0.25, -0.2) is 4.98 Å². The Bertz CT molecular complexity index is 854. The van der Waals surface area contributed by atoms with Gasteiger partial charge in [0.1, 0.15) is 5.69 Å². The summed E-state index contributed by atoms with van der Waals surface area (Å²) in [5.74, 6) is -0.654. The van der Waals surface area contributed by atoms with Gasteiger partial charge in [0.15, 0.2) is 0 Å².